The quantitative estimate of drug-likeness (QED) is 0.464. The van der Waals surface area contributed by atoms with Crippen LogP contribution in [0.25, 0.3) is 0 Å². The van der Waals surface area contributed by atoms with Gasteiger partial charge in [0.1, 0.15) is 10.4 Å². The number of para-hydroxylation sites is 1. The van der Waals surface area contributed by atoms with E-state index in [1.807, 2.05) is 13.8 Å². The minimum absolute atomic E-state index is 0.0872. The van der Waals surface area contributed by atoms with Crippen LogP contribution in [-0.4, -0.2) is 14.9 Å². The molecule has 0 atom stereocenters. The smallest absolute Gasteiger partial charge is 0.311 e. The summed E-state index contributed by atoms with van der Waals surface area (Å²) < 4.78 is 6.23. The Kier molecular flexibility index (Phi) is 4.52. The molecule has 1 aromatic heterocycles. The van der Waals surface area contributed by atoms with Crippen LogP contribution in [0.4, 0.5) is 5.69 Å². The molecule has 21 heavy (non-hydrogen) atoms. The molecule has 0 aliphatic heterocycles. The van der Waals surface area contributed by atoms with Gasteiger partial charge in [-0.05, 0) is 28.4 Å². The molecular formula is C14H14BrN3O3. The van der Waals surface area contributed by atoms with Crippen LogP contribution in [0.2, 0.25) is 0 Å². The first kappa shape index (κ1) is 15.4. The Labute approximate surface area is 130 Å². The van der Waals surface area contributed by atoms with E-state index >= 15 is 0 Å². The number of aryl methyl sites for hydroxylation is 1. The van der Waals surface area contributed by atoms with Gasteiger partial charge in [-0.25, -0.2) is 4.98 Å². The molecule has 0 N–H and O–H groups in total. The molecule has 6 nitrogen and oxygen atoms in total. The van der Waals surface area contributed by atoms with E-state index in [2.05, 4.69) is 25.9 Å². The number of hydrogen-bond donors (Lipinski definition) is 0. The normalized spacial score (nSPS) is 10.7. The van der Waals surface area contributed by atoms with Crippen molar-refractivity contribution in [2.24, 2.45) is 0 Å². The van der Waals surface area contributed by atoms with E-state index in [0.717, 1.165) is 0 Å². The largest absolute Gasteiger partial charge is 0.431 e. The molecule has 2 aromatic rings. The lowest BCUT2D eigenvalue weighted by molar-refractivity contribution is -0.385. The standard InChI is InChI=1S/C14H14BrN3O3/c1-8(2)14-16-11(15)7-12(17-14)21-13-9(3)5-4-6-10(13)18(19)20/h4-8H,1-3H3. The molecule has 0 spiro atoms. The van der Waals surface area contributed by atoms with E-state index in [1.54, 1.807) is 25.1 Å². The average molecular weight is 352 g/mol. The second kappa shape index (κ2) is 6.17. The SMILES string of the molecule is Cc1cccc([N+](=O)[O-])c1Oc1cc(Br)nc(C(C)C)n1. The van der Waals surface area contributed by atoms with Crippen LogP contribution in [0.5, 0.6) is 11.6 Å². The van der Waals surface area contributed by atoms with E-state index < -0.39 is 4.92 Å². The molecule has 0 saturated heterocycles. The summed E-state index contributed by atoms with van der Waals surface area (Å²) in [6.45, 7) is 5.67. The highest BCUT2D eigenvalue weighted by atomic mass is 79.9. The van der Waals surface area contributed by atoms with Crippen LogP contribution >= 0.6 is 15.9 Å². The Bertz CT molecular complexity index is 689. The van der Waals surface area contributed by atoms with E-state index in [0.29, 0.717) is 16.0 Å². The molecule has 2 rings (SSSR count). The van der Waals surface area contributed by atoms with Gasteiger partial charge in [0.25, 0.3) is 0 Å². The van der Waals surface area contributed by atoms with Crippen molar-refractivity contribution in [1.29, 1.82) is 0 Å². The monoisotopic (exact) mass is 351 g/mol. The van der Waals surface area contributed by atoms with Gasteiger partial charge in [0.05, 0.1) is 4.92 Å². The Morgan fingerprint density at radius 3 is 2.67 bits per heavy atom. The van der Waals surface area contributed by atoms with Gasteiger partial charge in [-0.1, -0.05) is 26.0 Å². The van der Waals surface area contributed by atoms with Crippen molar-refractivity contribution >= 4 is 21.6 Å². The summed E-state index contributed by atoms with van der Waals surface area (Å²) in [5.41, 5.74) is 0.584. The van der Waals surface area contributed by atoms with Crippen molar-refractivity contribution < 1.29 is 9.66 Å². The van der Waals surface area contributed by atoms with Crippen molar-refractivity contribution in [2.45, 2.75) is 26.7 Å². The minimum atomic E-state index is -0.470. The molecule has 0 aliphatic carbocycles. The van der Waals surface area contributed by atoms with Crippen LogP contribution in [0, 0.1) is 17.0 Å². The van der Waals surface area contributed by atoms with Gasteiger partial charge in [-0.3, -0.25) is 10.1 Å². The van der Waals surface area contributed by atoms with Crippen molar-refractivity contribution in [2.75, 3.05) is 0 Å². The Balaban J connectivity index is 2.45. The Morgan fingerprint density at radius 2 is 2.05 bits per heavy atom. The number of nitro groups is 1. The first-order valence-corrected chi connectivity index (χ1v) is 7.14. The summed E-state index contributed by atoms with van der Waals surface area (Å²) in [6, 6.07) is 6.36. The molecule has 1 heterocycles. The average Bonchev–Trinajstić information content (AvgIpc) is 2.40. The number of benzene rings is 1. The van der Waals surface area contributed by atoms with Gasteiger partial charge < -0.3 is 4.74 Å². The summed E-state index contributed by atoms with van der Waals surface area (Å²) in [5, 5.41) is 11.1. The van der Waals surface area contributed by atoms with E-state index in [4.69, 9.17) is 4.74 Å². The van der Waals surface area contributed by atoms with Crippen LogP contribution < -0.4 is 4.74 Å². The third-order valence-electron chi connectivity index (χ3n) is 2.80. The van der Waals surface area contributed by atoms with Crippen molar-refractivity contribution in [1.82, 2.24) is 9.97 Å². The van der Waals surface area contributed by atoms with Crippen LogP contribution in [0.15, 0.2) is 28.9 Å². The summed E-state index contributed by atoms with van der Waals surface area (Å²) in [7, 11) is 0. The molecule has 0 saturated carbocycles. The fourth-order valence-electron chi connectivity index (χ4n) is 1.74. The zero-order valence-electron chi connectivity index (χ0n) is 11.8. The van der Waals surface area contributed by atoms with Crippen LogP contribution in [0.1, 0.15) is 31.2 Å². The van der Waals surface area contributed by atoms with Crippen molar-refractivity contribution in [3.63, 3.8) is 0 Å². The molecule has 0 amide bonds. The second-order valence-corrected chi connectivity index (χ2v) is 5.64. The molecule has 0 fully saturated rings. The van der Waals surface area contributed by atoms with E-state index in [9.17, 15) is 10.1 Å². The maximum atomic E-state index is 11.1. The lowest BCUT2D eigenvalue weighted by Crippen LogP contribution is -2.01. The number of nitrogens with zero attached hydrogens (tertiary/aromatic N) is 3. The van der Waals surface area contributed by atoms with Gasteiger partial charge in [0.2, 0.25) is 11.6 Å². The van der Waals surface area contributed by atoms with Gasteiger partial charge in [-0.15, -0.1) is 0 Å². The summed E-state index contributed by atoms with van der Waals surface area (Å²) in [4.78, 5) is 19.2. The fourth-order valence-corrected chi connectivity index (χ4v) is 2.12. The van der Waals surface area contributed by atoms with Crippen LogP contribution in [0.3, 0.4) is 0 Å². The van der Waals surface area contributed by atoms with Crippen molar-refractivity contribution in [3.8, 4) is 11.6 Å². The first-order valence-electron chi connectivity index (χ1n) is 6.35. The van der Waals surface area contributed by atoms with Gasteiger partial charge in [-0.2, -0.15) is 4.98 Å². The number of nitro benzene ring substituents is 1. The third kappa shape index (κ3) is 3.55. The maximum Gasteiger partial charge on any atom is 0.311 e. The number of ether oxygens (including phenoxy) is 1. The zero-order valence-corrected chi connectivity index (χ0v) is 13.4. The highest BCUT2D eigenvalue weighted by Crippen LogP contribution is 2.34. The summed E-state index contributed by atoms with van der Waals surface area (Å²) >= 11 is 3.30. The fraction of sp³-hybridized carbons (Fsp3) is 0.286. The van der Waals surface area contributed by atoms with E-state index in [1.165, 1.54) is 6.07 Å². The predicted octanol–water partition coefficient (Wildman–Crippen LogP) is 4.37. The molecule has 0 radical (unpaired) electrons. The summed E-state index contributed by atoms with van der Waals surface area (Å²) in [6.07, 6.45) is 0. The Morgan fingerprint density at radius 1 is 1.33 bits per heavy atom. The highest BCUT2D eigenvalue weighted by Gasteiger charge is 2.19. The topological polar surface area (TPSA) is 78.2 Å². The number of hydrogen-bond acceptors (Lipinski definition) is 5. The first-order chi connectivity index (χ1) is 9.88. The third-order valence-corrected chi connectivity index (χ3v) is 3.21. The Hall–Kier alpha value is -2.02. The summed E-state index contributed by atoms with van der Waals surface area (Å²) in [5.74, 6) is 1.20. The van der Waals surface area contributed by atoms with Crippen molar-refractivity contribution in [3.05, 3.63) is 50.4 Å². The molecule has 110 valence electrons. The van der Waals surface area contributed by atoms with Gasteiger partial charge in [0.15, 0.2) is 0 Å². The number of aromatic nitrogens is 2. The number of rotatable bonds is 4. The zero-order chi connectivity index (χ0) is 15.6. The predicted molar refractivity (Wildman–Crippen MR) is 81.7 cm³/mol. The molecule has 0 unspecified atom stereocenters. The molecule has 1 aromatic carbocycles. The van der Waals surface area contributed by atoms with Gasteiger partial charge >= 0.3 is 5.69 Å². The maximum absolute atomic E-state index is 11.1. The molecule has 0 bridgehead atoms. The molecule has 7 heteroatoms. The lowest BCUT2D eigenvalue weighted by Gasteiger charge is -2.10. The second-order valence-electron chi connectivity index (χ2n) is 4.82. The molecule has 0 aliphatic rings. The number of halogens is 1. The minimum Gasteiger partial charge on any atom is -0.431 e. The molecular weight excluding hydrogens is 338 g/mol. The highest BCUT2D eigenvalue weighted by molar-refractivity contribution is 9.10. The van der Waals surface area contributed by atoms with Crippen LogP contribution in [-0.2, 0) is 0 Å². The lowest BCUT2D eigenvalue weighted by atomic mass is 10.2. The van der Waals surface area contributed by atoms with E-state index in [-0.39, 0.29) is 23.2 Å². The van der Waals surface area contributed by atoms with Gasteiger partial charge in [0, 0.05) is 18.1 Å².